The first kappa shape index (κ1) is 9.71. The third-order valence-corrected chi connectivity index (χ3v) is 1.90. The molecule has 4 heteroatoms. The summed E-state index contributed by atoms with van der Waals surface area (Å²) >= 11 is 0. The second-order valence-corrected chi connectivity index (χ2v) is 2.93. The van der Waals surface area contributed by atoms with Gasteiger partial charge < -0.3 is 14.2 Å². The van der Waals surface area contributed by atoms with E-state index in [0.29, 0.717) is 5.66 Å². The number of benzene rings is 1. The van der Waals surface area contributed by atoms with E-state index in [-0.39, 0.29) is 0 Å². The molecule has 0 fully saturated rings. The average Bonchev–Trinajstić information content (AvgIpc) is 2.31. The summed E-state index contributed by atoms with van der Waals surface area (Å²) in [5.74, 6) is 3.33. The van der Waals surface area contributed by atoms with Gasteiger partial charge >= 0.3 is 0 Å². The van der Waals surface area contributed by atoms with Crippen LogP contribution in [0.3, 0.4) is 0 Å². The van der Waals surface area contributed by atoms with Crippen LogP contribution in [0, 0.1) is 0 Å². The molecular weight excluding hydrogens is 191 g/mol. The fourth-order valence-electron chi connectivity index (χ4n) is 1.16. The highest BCUT2D eigenvalue weighted by Crippen LogP contribution is 2.19. The summed E-state index contributed by atoms with van der Waals surface area (Å²) in [5, 5.41) is 0. The molecule has 0 N–H and O–H groups in total. The van der Waals surface area contributed by atoms with Gasteiger partial charge in [0.15, 0.2) is 0 Å². The van der Waals surface area contributed by atoms with E-state index in [4.69, 9.17) is 14.2 Å². The lowest BCUT2D eigenvalue weighted by Crippen LogP contribution is -2.05. The minimum Gasteiger partial charge on any atom is -0.497 e. The maximum absolute atomic E-state index is 5.53. The molecule has 0 amide bonds. The lowest BCUT2D eigenvalue weighted by molar-refractivity contribution is 0.358. The van der Waals surface area contributed by atoms with Crippen molar-refractivity contribution in [1.29, 1.82) is 0 Å². The molecule has 3 nitrogen and oxygen atoms in total. The Kier molecular flexibility index (Phi) is 2.97. The highest BCUT2D eigenvalue weighted by Gasteiger charge is 2.04. The molecule has 2 rings (SSSR count). The predicted octanol–water partition coefficient (Wildman–Crippen LogP) is 2.08. The topological polar surface area (TPSA) is 27.7 Å². The monoisotopic (exact) mass is 201 g/mol. The molecular formula is C11H10BO3. The number of methoxy groups -OCH3 is 1. The highest BCUT2D eigenvalue weighted by molar-refractivity contribution is 6.50. The molecule has 0 spiro atoms. The van der Waals surface area contributed by atoms with E-state index in [2.05, 4.69) is 0 Å². The molecule has 0 bridgehead atoms. The van der Waals surface area contributed by atoms with Crippen LogP contribution in [0.1, 0.15) is 0 Å². The van der Waals surface area contributed by atoms with Gasteiger partial charge in [0.1, 0.15) is 17.8 Å². The Morgan fingerprint density at radius 2 is 1.87 bits per heavy atom. The Balaban J connectivity index is 2.01. The number of rotatable bonds is 3. The summed E-state index contributed by atoms with van der Waals surface area (Å²) in [7, 11) is 3.46. The van der Waals surface area contributed by atoms with Crippen LogP contribution in [0.4, 0.5) is 0 Å². The molecule has 1 aromatic rings. The largest absolute Gasteiger partial charge is 0.497 e. The highest BCUT2D eigenvalue weighted by atomic mass is 16.5. The first-order valence-electron chi connectivity index (χ1n) is 4.56. The summed E-state index contributed by atoms with van der Waals surface area (Å²) in [4.78, 5) is 0. The van der Waals surface area contributed by atoms with E-state index in [1.165, 1.54) is 0 Å². The van der Waals surface area contributed by atoms with Crippen molar-refractivity contribution < 1.29 is 14.2 Å². The van der Waals surface area contributed by atoms with Crippen molar-refractivity contribution in [2.75, 3.05) is 7.11 Å². The van der Waals surface area contributed by atoms with Gasteiger partial charge in [-0.05, 0) is 24.3 Å². The molecule has 0 saturated heterocycles. The Morgan fingerprint density at radius 3 is 2.47 bits per heavy atom. The lowest BCUT2D eigenvalue weighted by atomic mass is 9.76. The van der Waals surface area contributed by atoms with E-state index in [1.54, 1.807) is 25.6 Å². The van der Waals surface area contributed by atoms with Gasteiger partial charge in [-0.1, -0.05) is 5.98 Å². The number of hydrogen-bond acceptors (Lipinski definition) is 3. The van der Waals surface area contributed by atoms with Gasteiger partial charge in [0.05, 0.1) is 19.0 Å². The van der Waals surface area contributed by atoms with Crippen LogP contribution in [0.25, 0.3) is 0 Å². The second kappa shape index (κ2) is 4.60. The summed E-state index contributed by atoms with van der Waals surface area (Å²) in [5.41, 5.74) is 0.669. The maximum Gasteiger partial charge on any atom is 0.239 e. The molecule has 0 saturated carbocycles. The molecule has 1 heterocycles. The molecule has 75 valence electrons. The van der Waals surface area contributed by atoms with Gasteiger partial charge in [-0.2, -0.15) is 0 Å². The van der Waals surface area contributed by atoms with Crippen molar-refractivity contribution in [3.05, 3.63) is 48.4 Å². The van der Waals surface area contributed by atoms with Crippen molar-refractivity contribution in [2.24, 2.45) is 0 Å². The summed E-state index contributed by atoms with van der Waals surface area (Å²) in [6.45, 7) is 0. The quantitative estimate of drug-likeness (QED) is 0.700. The minimum absolute atomic E-state index is 0.669. The molecule has 1 radical (unpaired) electrons. The van der Waals surface area contributed by atoms with Crippen LogP contribution < -0.4 is 9.47 Å². The van der Waals surface area contributed by atoms with E-state index < -0.39 is 0 Å². The third-order valence-electron chi connectivity index (χ3n) is 1.90. The summed E-state index contributed by atoms with van der Waals surface area (Å²) < 4.78 is 15.5. The molecule has 0 atom stereocenters. The molecule has 1 aliphatic heterocycles. The Bertz CT molecular complexity index is 381. The van der Waals surface area contributed by atoms with Gasteiger partial charge in [-0.15, -0.1) is 0 Å². The van der Waals surface area contributed by atoms with Crippen LogP contribution in [-0.4, -0.2) is 14.4 Å². The Hall–Kier alpha value is -1.84. The first-order chi connectivity index (χ1) is 7.38. The van der Waals surface area contributed by atoms with E-state index in [1.807, 2.05) is 31.5 Å². The molecule has 1 aromatic carbocycles. The van der Waals surface area contributed by atoms with Gasteiger partial charge in [-0.25, -0.2) is 0 Å². The predicted molar refractivity (Wildman–Crippen MR) is 57.7 cm³/mol. The van der Waals surface area contributed by atoms with Crippen molar-refractivity contribution in [1.82, 2.24) is 0 Å². The van der Waals surface area contributed by atoms with E-state index >= 15 is 0 Å². The van der Waals surface area contributed by atoms with Gasteiger partial charge in [-0.3, -0.25) is 0 Å². The zero-order valence-corrected chi connectivity index (χ0v) is 8.34. The van der Waals surface area contributed by atoms with Crippen molar-refractivity contribution in [2.45, 2.75) is 0 Å². The van der Waals surface area contributed by atoms with Gasteiger partial charge in [0, 0.05) is 0 Å². The summed E-state index contributed by atoms with van der Waals surface area (Å²) in [6.07, 6.45) is 3.13. The van der Waals surface area contributed by atoms with Crippen LogP contribution in [0.5, 0.6) is 11.5 Å². The van der Waals surface area contributed by atoms with Crippen LogP contribution in [-0.2, 0) is 4.74 Å². The molecule has 15 heavy (non-hydrogen) atoms. The SMILES string of the molecule is COc1ccc(OC2=COC=C[B]2)cc1. The normalized spacial score (nSPS) is 13.5. The van der Waals surface area contributed by atoms with Crippen molar-refractivity contribution in [3.8, 4) is 11.5 Å². The van der Waals surface area contributed by atoms with Crippen molar-refractivity contribution in [3.63, 3.8) is 0 Å². The molecule has 0 aliphatic carbocycles. The Labute approximate surface area is 89.2 Å². The van der Waals surface area contributed by atoms with Crippen molar-refractivity contribution >= 4 is 7.28 Å². The molecule has 0 unspecified atom stereocenters. The first-order valence-corrected chi connectivity index (χ1v) is 4.56. The number of hydrogen-bond donors (Lipinski definition) is 0. The van der Waals surface area contributed by atoms with Gasteiger partial charge in [0.2, 0.25) is 7.28 Å². The standard InChI is InChI=1S/C11H10BO3/c1-13-9-2-4-10(5-3-9)15-11-8-14-7-6-12-11/h2-8H,1H3. The van der Waals surface area contributed by atoms with E-state index in [9.17, 15) is 0 Å². The van der Waals surface area contributed by atoms with E-state index in [0.717, 1.165) is 11.5 Å². The minimum atomic E-state index is 0.669. The zero-order valence-electron chi connectivity index (χ0n) is 8.34. The zero-order chi connectivity index (χ0) is 10.5. The Morgan fingerprint density at radius 1 is 1.13 bits per heavy atom. The molecule has 0 aromatic heterocycles. The fraction of sp³-hybridized carbons (Fsp3) is 0.0909. The third kappa shape index (κ3) is 2.56. The lowest BCUT2D eigenvalue weighted by Gasteiger charge is -2.10. The second-order valence-electron chi connectivity index (χ2n) is 2.93. The van der Waals surface area contributed by atoms with Gasteiger partial charge in [0.25, 0.3) is 0 Å². The smallest absolute Gasteiger partial charge is 0.239 e. The van der Waals surface area contributed by atoms with Crippen LogP contribution in [0.2, 0.25) is 0 Å². The average molecular weight is 201 g/mol. The molecule has 1 aliphatic rings. The van der Waals surface area contributed by atoms with Crippen LogP contribution >= 0.6 is 0 Å². The number of ether oxygens (including phenoxy) is 3. The maximum atomic E-state index is 5.53. The summed E-state index contributed by atoms with van der Waals surface area (Å²) in [6, 6.07) is 7.36. The van der Waals surface area contributed by atoms with Crippen LogP contribution in [0.15, 0.2) is 48.4 Å². The fourth-order valence-corrected chi connectivity index (χ4v) is 1.16.